The highest BCUT2D eigenvalue weighted by atomic mass is 79.9. The molecular weight excluding hydrogens is 442 g/mol. The molecule has 0 bridgehead atoms. The third kappa shape index (κ3) is 6.22. The van der Waals surface area contributed by atoms with Crippen molar-refractivity contribution in [1.82, 2.24) is 10.2 Å². The fourth-order valence-electron chi connectivity index (χ4n) is 4.52. The number of nitrogens with one attached hydrogen (secondary N) is 2. The Kier molecular flexibility index (Phi) is 8.61. The number of fused-ring (bicyclic) bond motifs is 1. The van der Waals surface area contributed by atoms with Crippen LogP contribution in [0.1, 0.15) is 94.3 Å². The minimum atomic E-state index is -0.438. The summed E-state index contributed by atoms with van der Waals surface area (Å²) in [6.07, 6.45) is 13.5. The van der Waals surface area contributed by atoms with Crippen molar-refractivity contribution in [1.29, 1.82) is 0 Å². The van der Waals surface area contributed by atoms with E-state index in [1.807, 2.05) is 23.1 Å². The van der Waals surface area contributed by atoms with Gasteiger partial charge >= 0.3 is 0 Å². The molecule has 2 aliphatic heterocycles. The predicted octanol–water partition coefficient (Wildman–Crippen LogP) is 5.84. The number of anilines is 1. The van der Waals surface area contributed by atoms with Crippen LogP contribution >= 0.6 is 15.9 Å². The van der Waals surface area contributed by atoms with Gasteiger partial charge in [-0.15, -0.1) is 0 Å². The molecule has 166 valence electrons. The van der Waals surface area contributed by atoms with Crippen molar-refractivity contribution >= 4 is 33.4 Å². The lowest BCUT2D eigenvalue weighted by Crippen LogP contribution is -2.62. The summed E-state index contributed by atoms with van der Waals surface area (Å²) in [5.74, 6) is 0.221. The minimum Gasteiger partial charge on any atom is -0.362 e. The highest BCUT2D eigenvalue weighted by molar-refractivity contribution is 9.10. The van der Waals surface area contributed by atoms with E-state index in [-0.39, 0.29) is 11.8 Å². The van der Waals surface area contributed by atoms with Crippen LogP contribution in [0.5, 0.6) is 0 Å². The van der Waals surface area contributed by atoms with E-state index in [2.05, 4.69) is 33.5 Å². The van der Waals surface area contributed by atoms with Crippen molar-refractivity contribution in [2.75, 3.05) is 18.4 Å². The SMILES string of the molecule is CCCCCCCCCCCC(=O)N1CCC2(CC1)NC(=O)c1cc(Br)ccc1N2. The van der Waals surface area contributed by atoms with Gasteiger partial charge in [-0.2, -0.15) is 0 Å². The van der Waals surface area contributed by atoms with E-state index in [4.69, 9.17) is 0 Å². The van der Waals surface area contributed by atoms with Gasteiger partial charge in [0.05, 0.1) is 5.56 Å². The monoisotopic (exact) mass is 477 g/mol. The van der Waals surface area contributed by atoms with Crippen molar-refractivity contribution < 1.29 is 9.59 Å². The summed E-state index contributed by atoms with van der Waals surface area (Å²) >= 11 is 3.42. The second kappa shape index (κ2) is 11.2. The molecule has 1 spiro atoms. The number of carbonyl (C=O) groups excluding carboxylic acids is 2. The standard InChI is InChI=1S/C24H36BrN3O2/c1-2-3-4-5-6-7-8-9-10-11-22(29)28-16-14-24(15-17-28)26-21-13-12-19(25)18-20(21)23(30)27-24/h12-13,18,26H,2-11,14-17H2,1H3,(H,27,30). The highest BCUT2D eigenvalue weighted by Crippen LogP contribution is 2.33. The van der Waals surface area contributed by atoms with Gasteiger partial charge < -0.3 is 15.5 Å². The molecular formula is C24H36BrN3O2. The van der Waals surface area contributed by atoms with Gasteiger partial charge in [0.25, 0.3) is 5.91 Å². The third-order valence-corrected chi connectivity index (χ3v) is 6.91. The number of nitrogens with zero attached hydrogens (tertiary/aromatic N) is 1. The van der Waals surface area contributed by atoms with E-state index in [0.29, 0.717) is 25.1 Å². The highest BCUT2D eigenvalue weighted by Gasteiger charge is 2.40. The molecule has 1 saturated heterocycles. The Hall–Kier alpha value is -1.56. The van der Waals surface area contributed by atoms with Crippen molar-refractivity contribution in [3.8, 4) is 0 Å². The molecule has 0 radical (unpaired) electrons. The number of halogens is 1. The van der Waals surface area contributed by atoms with Crippen LogP contribution in [0, 0.1) is 0 Å². The Morgan fingerprint density at radius 3 is 2.30 bits per heavy atom. The quantitative estimate of drug-likeness (QED) is 0.415. The van der Waals surface area contributed by atoms with E-state index in [1.54, 1.807) is 0 Å². The number of amides is 2. The van der Waals surface area contributed by atoms with Crippen LogP contribution in [0.15, 0.2) is 22.7 Å². The van der Waals surface area contributed by atoms with Gasteiger partial charge in [-0.25, -0.2) is 0 Å². The van der Waals surface area contributed by atoms with Crippen LogP contribution < -0.4 is 10.6 Å². The van der Waals surface area contributed by atoms with E-state index >= 15 is 0 Å². The Bertz CT molecular complexity index is 729. The maximum absolute atomic E-state index is 12.6. The van der Waals surface area contributed by atoms with Gasteiger partial charge in [0.1, 0.15) is 5.66 Å². The topological polar surface area (TPSA) is 61.4 Å². The van der Waals surface area contributed by atoms with Crippen LogP contribution in [0.4, 0.5) is 5.69 Å². The molecule has 2 amide bonds. The van der Waals surface area contributed by atoms with Crippen LogP contribution in [0.2, 0.25) is 0 Å². The third-order valence-electron chi connectivity index (χ3n) is 6.42. The maximum atomic E-state index is 12.6. The lowest BCUT2D eigenvalue weighted by molar-refractivity contribution is -0.132. The Labute approximate surface area is 189 Å². The summed E-state index contributed by atoms with van der Waals surface area (Å²) < 4.78 is 0.894. The van der Waals surface area contributed by atoms with Gasteiger partial charge in [0, 0.05) is 42.5 Å². The lowest BCUT2D eigenvalue weighted by atomic mass is 9.92. The number of carbonyl (C=O) groups is 2. The first-order valence-corrected chi connectivity index (χ1v) is 12.5. The number of likely N-dealkylation sites (tertiary alicyclic amines) is 1. The predicted molar refractivity (Wildman–Crippen MR) is 126 cm³/mol. The fraction of sp³-hybridized carbons (Fsp3) is 0.667. The van der Waals surface area contributed by atoms with E-state index in [0.717, 1.165) is 35.8 Å². The molecule has 0 saturated carbocycles. The zero-order valence-corrected chi connectivity index (χ0v) is 19.9. The first-order chi connectivity index (χ1) is 14.5. The molecule has 3 rings (SSSR count). The molecule has 1 fully saturated rings. The Morgan fingerprint density at radius 1 is 1.00 bits per heavy atom. The largest absolute Gasteiger partial charge is 0.362 e. The molecule has 5 nitrogen and oxygen atoms in total. The Morgan fingerprint density at radius 2 is 1.63 bits per heavy atom. The fourth-order valence-corrected chi connectivity index (χ4v) is 4.88. The zero-order chi connectivity index (χ0) is 21.4. The van der Waals surface area contributed by atoms with Gasteiger partial charge in [0.2, 0.25) is 5.91 Å². The molecule has 0 aromatic heterocycles. The molecule has 1 aromatic carbocycles. The van der Waals surface area contributed by atoms with E-state index in [9.17, 15) is 9.59 Å². The van der Waals surface area contributed by atoms with Gasteiger partial charge in [-0.1, -0.05) is 74.2 Å². The number of hydrogen-bond donors (Lipinski definition) is 2. The number of benzene rings is 1. The number of piperidine rings is 1. The molecule has 2 heterocycles. The van der Waals surface area contributed by atoms with Gasteiger partial charge in [0.15, 0.2) is 0 Å². The molecule has 30 heavy (non-hydrogen) atoms. The van der Waals surface area contributed by atoms with Crippen molar-refractivity contribution in [3.05, 3.63) is 28.2 Å². The average molecular weight is 478 g/mol. The lowest BCUT2D eigenvalue weighted by Gasteiger charge is -2.46. The minimum absolute atomic E-state index is 0.0421. The van der Waals surface area contributed by atoms with Crippen molar-refractivity contribution in [3.63, 3.8) is 0 Å². The normalized spacial score (nSPS) is 17.4. The second-order valence-electron chi connectivity index (χ2n) is 8.81. The molecule has 1 aromatic rings. The summed E-state index contributed by atoms with van der Waals surface area (Å²) in [4.78, 5) is 27.1. The van der Waals surface area contributed by atoms with E-state index in [1.165, 1.54) is 44.9 Å². The summed E-state index contributed by atoms with van der Waals surface area (Å²) in [5.41, 5.74) is 1.10. The maximum Gasteiger partial charge on any atom is 0.255 e. The molecule has 0 aliphatic carbocycles. The first kappa shape index (κ1) is 23.1. The molecule has 6 heteroatoms. The molecule has 0 unspecified atom stereocenters. The molecule has 0 atom stereocenters. The summed E-state index contributed by atoms with van der Waals surface area (Å²) in [7, 11) is 0. The summed E-state index contributed by atoms with van der Waals surface area (Å²) in [6, 6.07) is 5.73. The number of rotatable bonds is 10. The van der Waals surface area contributed by atoms with E-state index < -0.39 is 5.66 Å². The van der Waals surface area contributed by atoms with Crippen LogP contribution in [0.3, 0.4) is 0 Å². The number of unbranched alkanes of at least 4 members (excludes halogenated alkanes) is 8. The Balaban J connectivity index is 1.36. The smallest absolute Gasteiger partial charge is 0.255 e. The molecule has 2 N–H and O–H groups in total. The van der Waals surface area contributed by atoms with Crippen LogP contribution in [-0.2, 0) is 4.79 Å². The van der Waals surface area contributed by atoms with Crippen molar-refractivity contribution in [2.24, 2.45) is 0 Å². The average Bonchev–Trinajstić information content (AvgIpc) is 2.73. The summed E-state index contributed by atoms with van der Waals surface area (Å²) in [6.45, 7) is 3.63. The summed E-state index contributed by atoms with van der Waals surface area (Å²) in [5, 5.41) is 6.67. The first-order valence-electron chi connectivity index (χ1n) is 11.7. The van der Waals surface area contributed by atoms with Crippen LogP contribution in [0.25, 0.3) is 0 Å². The zero-order valence-electron chi connectivity index (χ0n) is 18.3. The van der Waals surface area contributed by atoms with Gasteiger partial charge in [-0.05, 0) is 24.6 Å². The van der Waals surface area contributed by atoms with Crippen molar-refractivity contribution in [2.45, 2.75) is 89.6 Å². The second-order valence-corrected chi connectivity index (χ2v) is 9.73. The van der Waals surface area contributed by atoms with Gasteiger partial charge in [-0.3, -0.25) is 9.59 Å². The number of hydrogen-bond acceptors (Lipinski definition) is 3. The van der Waals surface area contributed by atoms with Crippen LogP contribution in [-0.4, -0.2) is 35.5 Å². The molecule has 2 aliphatic rings.